The lowest BCUT2D eigenvalue weighted by atomic mass is 10.1. The lowest BCUT2D eigenvalue weighted by Gasteiger charge is -2.25. The Labute approximate surface area is 131 Å². The fourth-order valence-corrected chi connectivity index (χ4v) is 3.88. The number of anilines is 1. The van der Waals surface area contributed by atoms with Gasteiger partial charge in [0, 0.05) is 36.7 Å². The van der Waals surface area contributed by atoms with E-state index < -0.39 is 0 Å². The molecular formula is C18H24N2S. The molecule has 3 heteroatoms. The molecule has 0 spiro atoms. The number of nitrogens with zero attached hydrogens (tertiary/aromatic N) is 1. The molecule has 0 saturated heterocycles. The van der Waals surface area contributed by atoms with Gasteiger partial charge in [0.25, 0.3) is 0 Å². The van der Waals surface area contributed by atoms with E-state index in [1.165, 1.54) is 47.5 Å². The van der Waals surface area contributed by atoms with Crippen molar-refractivity contribution in [2.45, 2.75) is 32.7 Å². The normalized spacial score (nSPS) is 14.8. The minimum Gasteiger partial charge on any atom is -0.370 e. The predicted molar refractivity (Wildman–Crippen MR) is 92.4 cm³/mol. The molecule has 0 saturated carbocycles. The Kier molecular flexibility index (Phi) is 4.94. The van der Waals surface area contributed by atoms with Crippen LogP contribution in [0.4, 0.5) is 5.69 Å². The highest BCUT2D eigenvalue weighted by Gasteiger charge is 2.13. The van der Waals surface area contributed by atoms with Gasteiger partial charge in [0.1, 0.15) is 0 Å². The number of para-hydroxylation sites is 1. The van der Waals surface area contributed by atoms with Crippen molar-refractivity contribution in [2.75, 3.05) is 24.5 Å². The molecule has 0 aliphatic carbocycles. The number of hydrogen-bond donors (Lipinski definition) is 1. The van der Waals surface area contributed by atoms with Crippen molar-refractivity contribution in [3.05, 3.63) is 51.7 Å². The van der Waals surface area contributed by atoms with Crippen LogP contribution in [0, 0.1) is 6.92 Å². The van der Waals surface area contributed by atoms with Crippen molar-refractivity contribution in [1.29, 1.82) is 0 Å². The van der Waals surface area contributed by atoms with E-state index in [9.17, 15) is 0 Å². The molecule has 0 radical (unpaired) electrons. The summed E-state index contributed by atoms with van der Waals surface area (Å²) in [5, 5.41) is 5.77. The summed E-state index contributed by atoms with van der Waals surface area (Å²) in [5.74, 6) is 0. The van der Waals surface area contributed by atoms with Gasteiger partial charge in [0.2, 0.25) is 0 Å². The third-order valence-electron chi connectivity index (χ3n) is 4.27. The van der Waals surface area contributed by atoms with Crippen molar-refractivity contribution in [1.82, 2.24) is 5.32 Å². The molecule has 1 aliphatic rings. The maximum absolute atomic E-state index is 3.60. The highest BCUT2D eigenvalue weighted by molar-refractivity contribution is 7.10. The van der Waals surface area contributed by atoms with Crippen LogP contribution in [0.1, 0.15) is 28.8 Å². The molecule has 112 valence electrons. The van der Waals surface area contributed by atoms with Crippen LogP contribution in [0.5, 0.6) is 0 Å². The summed E-state index contributed by atoms with van der Waals surface area (Å²) in [5.41, 5.74) is 4.38. The van der Waals surface area contributed by atoms with E-state index in [4.69, 9.17) is 0 Å². The zero-order chi connectivity index (χ0) is 14.5. The monoisotopic (exact) mass is 300 g/mol. The summed E-state index contributed by atoms with van der Waals surface area (Å²) in [7, 11) is 0. The van der Waals surface area contributed by atoms with Gasteiger partial charge in [-0.1, -0.05) is 18.2 Å². The molecule has 2 aromatic rings. The van der Waals surface area contributed by atoms with Crippen LogP contribution in [0.15, 0.2) is 35.7 Å². The van der Waals surface area contributed by atoms with Crippen molar-refractivity contribution in [3.63, 3.8) is 0 Å². The molecular weight excluding hydrogens is 276 g/mol. The largest absolute Gasteiger partial charge is 0.370 e. The van der Waals surface area contributed by atoms with Gasteiger partial charge in [-0.2, -0.15) is 0 Å². The zero-order valence-electron chi connectivity index (χ0n) is 12.8. The van der Waals surface area contributed by atoms with E-state index >= 15 is 0 Å². The lowest BCUT2D eigenvalue weighted by molar-refractivity contribution is 0.648. The molecule has 1 aliphatic heterocycles. The molecule has 2 nitrogen and oxygen atoms in total. The van der Waals surface area contributed by atoms with Crippen LogP contribution >= 0.6 is 11.3 Å². The number of fused-ring (bicyclic) bond motifs is 1. The van der Waals surface area contributed by atoms with Gasteiger partial charge in [0.15, 0.2) is 0 Å². The molecule has 21 heavy (non-hydrogen) atoms. The topological polar surface area (TPSA) is 15.3 Å². The van der Waals surface area contributed by atoms with Crippen LogP contribution in [-0.2, 0) is 13.0 Å². The molecule has 0 unspecified atom stereocenters. The fraction of sp³-hybridized carbons (Fsp3) is 0.444. The Balaban J connectivity index is 1.54. The summed E-state index contributed by atoms with van der Waals surface area (Å²) >= 11 is 1.85. The first-order valence-corrected chi connectivity index (χ1v) is 8.79. The quantitative estimate of drug-likeness (QED) is 0.840. The maximum atomic E-state index is 3.60. The highest BCUT2D eigenvalue weighted by atomic mass is 32.1. The lowest BCUT2D eigenvalue weighted by Crippen LogP contribution is -2.32. The van der Waals surface area contributed by atoms with Crippen LogP contribution in [0.25, 0.3) is 0 Å². The second-order valence-electron chi connectivity index (χ2n) is 5.78. The zero-order valence-corrected chi connectivity index (χ0v) is 13.6. The standard InChI is InChI=1S/C18H24N2S/c1-15-9-13-21-18(15)14-19-10-12-20-11-5-4-7-16-6-2-3-8-17(16)20/h2-3,6,8-9,13,19H,4-5,7,10-12,14H2,1H3. The summed E-state index contributed by atoms with van der Waals surface area (Å²) < 4.78 is 0. The molecule has 0 atom stereocenters. The van der Waals surface area contributed by atoms with Gasteiger partial charge < -0.3 is 10.2 Å². The number of benzene rings is 1. The van der Waals surface area contributed by atoms with E-state index in [-0.39, 0.29) is 0 Å². The van der Waals surface area contributed by atoms with Gasteiger partial charge in [-0.05, 0) is 54.8 Å². The van der Waals surface area contributed by atoms with E-state index in [2.05, 4.69) is 52.9 Å². The average molecular weight is 300 g/mol. The van der Waals surface area contributed by atoms with Gasteiger partial charge >= 0.3 is 0 Å². The number of rotatable bonds is 5. The fourth-order valence-electron chi connectivity index (χ4n) is 3.00. The van der Waals surface area contributed by atoms with E-state index in [0.29, 0.717) is 0 Å². The second kappa shape index (κ2) is 7.10. The first kappa shape index (κ1) is 14.6. The Morgan fingerprint density at radius 1 is 1.19 bits per heavy atom. The summed E-state index contributed by atoms with van der Waals surface area (Å²) in [6, 6.07) is 11.1. The van der Waals surface area contributed by atoms with Crippen molar-refractivity contribution < 1.29 is 0 Å². The average Bonchev–Trinajstić information content (AvgIpc) is 2.80. The molecule has 1 aromatic heterocycles. The SMILES string of the molecule is Cc1ccsc1CNCCN1CCCCc2ccccc21. The Hall–Kier alpha value is -1.32. The number of hydrogen-bond acceptors (Lipinski definition) is 3. The predicted octanol–water partition coefficient (Wildman–Crippen LogP) is 3.99. The van der Waals surface area contributed by atoms with E-state index in [1.807, 2.05) is 11.3 Å². The molecule has 2 heterocycles. The van der Waals surface area contributed by atoms with Crippen LogP contribution in [-0.4, -0.2) is 19.6 Å². The highest BCUT2D eigenvalue weighted by Crippen LogP contribution is 2.25. The third kappa shape index (κ3) is 3.66. The first-order chi connectivity index (χ1) is 10.3. The Bertz CT molecular complexity index is 576. The second-order valence-corrected chi connectivity index (χ2v) is 6.78. The van der Waals surface area contributed by atoms with Gasteiger partial charge in [0.05, 0.1) is 0 Å². The van der Waals surface area contributed by atoms with E-state index in [1.54, 1.807) is 0 Å². The molecule has 0 fully saturated rings. The van der Waals surface area contributed by atoms with Crippen molar-refractivity contribution in [3.8, 4) is 0 Å². The third-order valence-corrected chi connectivity index (χ3v) is 5.29. The molecule has 1 N–H and O–H groups in total. The van der Waals surface area contributed by atoms with Crippen LogP contribution in [0.3, 0.4) is 0 Å². The van der Waals surface area contributed by atoms with Crippen LogP contribution < -0.4 is 10.2 Å². The van der Waals surface area contributed by atoms with Crippen LogP contribution in [0.2, 0.25) is 0 Å². The number of aryl methyl sites for hydroxylation is 2. The number of nitrogens with one attached hydrogen (secondary N) is 1. The van der Waals surface area contributed by atoms with Gasteiger partial charge in [-0.25, -0.2) is 0 Å². The summed E-state index contributed by atoms with van der Waals surface area (Å²) in [6.07, 6.45) is 3.85. The smallest absolute Gasteiger partial charge is 0.0399 e. The van der Waals surface area contributed by atoms with Crippen molar-refractivity contribution >= 4 is 17.0 Å². The molecule has 1 aromatic carbocycles. The molecule has 0 bridgehead atoms. The van der Waals surface area contributed by atoms with Gasteiger partial charge in [-0.15, -0.1) is 11.3 Å². The van der Waals surface area contributed by atoms with Crippen molar-refractivity contribution in [2.24, 2.45) is 0 Å². The molecule has 0 amide bonds. The van der Waals surface area contributed by atoms with Gasteiger partial charge in [-0.3, -0.25) is 0 Å². The summed E-state index contributed by atoms with van der Waals surface area (Å²) in [4.78, 5) is 4.02. The Morgan fingerprint density at radius 2 is 2.10 bits per heavy atom. The van der Waals surface area contributed by atoms with E-state index in [0.717, 1.165) is 19.6 Å². The Morgan fingerprint density at radius 3 is 2.95 bits per heavy atom. The maximum Gasteiger partial charge on any atom is 0.0399 e. The number of thiophene rings is 1. The minimum atomic E-state index is 0.999. The molecule has 3 rings (SSSR count). The summed E-state index contributed by atoms with van der Waals surface area (Å²) in [6.45, 7) is 6.53. The minimum absolute atomic E-state index is 0.999. The first-order valence-electron chi connectivity index (χ1n) is 7.91.